The summed E-state index contributed by atoms with van der Waals surface area (Å²) in [5, 5.41) is 13.1. The van der Waals surface area contributed by atoms with Crippen LogP contribution in [0.15, 0.2) is 40.9 Å². The molecule has 2 heterocycles. The van der Waals surface area contributed by atoms with E-state index in [1.165, 1.54) is 0 Å². The van der Waals surface area contributed by atoms with Crippen LogP contribution >= 0.6 is 0 Å². The smallest absolute Gasteiger partial charge is 0.317 e. The van der Waals surface area contributed by atoms with Crippen LogP contribution in [-0.2, 0) is 11.3 Å². The van der Waals surface area contributed by atoms with Gasteiger partial charge in [-0.1, -0.05) is 35.5 Å². The maximum Gasteiger partial charge on any atom is 0.317 e. The zero-order chi connectivity index (χ0) is 17.6. The molecule has 1 saturated heterocycles. The number of rotatable bonds is 6. The monoisotopic (exact) mass is 343 g/mol. The number of hydrogen-bond acceptors (Lipinski definition) is 5. The van der Waals surface area contributed by atoms with Crippen molar-refractivity contribution in [2.45, 2.75) is 31.8 Å². The first-order chi connectivity index (χ1) is 12.1. The molecule has 0 spiro atoms. The van der Waals surface area contributed by atoms with Gasteiger partial charge in [0.05, 0.1) is 13.1 Å². The maximum absolute atomic E-state index is 10.9. The highest BCUT2D eigenvalue weighted by Gasteiger charge is 2.22. The third-order valence-corrected chi connectivity index (χ3v) is 4.81. The molecule has 1 unspecified atom stereocenters. The number of likely N-dealkylation sites (N-methyl/N-ethyl adjacent to an activating group) is 1. The molecule has 1 aliphatic heterocycles. The van der Waals surface area contributed by atoms with Crippen molar-refractivity contribution in [2.24, 2.45) is 0 Å². The summed E-state index contributed by atoms with van der Waals surface area (Å²) in [6, 6.07) is 12.4. The highest BCUT2D eigenvalue weighted by Crippen LogP contribution is 2.21. The number of benzene rings is 1. The number of hydrogen-bond donors (Lipinski definition) is 1. The molecular formula is C19H25N3O3. The Labute approximate surface area is 148 Å². The fourth-order valence-electron chi connectivity index (χ4n) is 3.43. The molecular weight excluding hydrogens is 318 g/mol. The first kappa shape index (κ1) is 17.6. The number of likely N-dealkylation sites (tertiary alicyclic amines) is 1. The third-order valence-electron chi connectivity index (χ3n) is 4.81. The van der Waals surface area contributed by atoms with Crippen molar-refractivity contribution in [3.63, 3.8) is 0 Å². The molecule has 6 heteroatoms. The molecule has 1 atom stereocenters. The number of nitrogens with zero attached hydrogens (tertiary/aromatic N) is 3. The van der Waals surface area contributed by atoms with Gasteiger partial charge in [-0.25, -0.2) is 0 Å². The van der Waals surface area contributed by atoms with Gasteiger partial charge in [-0.05, 0) is 32.9 Å². The second kappa shape index (κ2) is 8.27. The van der Waals surface area contributed by atoms with Crippen LogP contribution in [-0.4, -0.2) is 58.8 Å². The van der Waals surface area contributed by atoms with Gasteiger partial charge in [-0.3, -0.25) is 14.6 Å². The van der Waals surface area contributed by atoms with E-state index in [2.05, 4.69) is 10.1 Å². The number of aliphatic carboxylic acids is 1. The lowest BCUT2D eigenvalue weighted by Gasteiger charge is -2.25. The van der Waals surface area contributed by atoms with Gasteiger partial charge in [0, 0.05) is 24.2 Å². The van der Waals surface area contributed by atoms with Crippen molar-refractivity contribution in [2.75, 3.05) is 26.7 Å². The summed E-state index contributed by atoms with van der Waals surface area (Å²) in [5.74, 6) is 0.106. The van der Waals surface area contributed by atoms with Gasteiger partial charge < -0.3 is 9.63 Å². The molecule has 1 aromatic carbocycles. The van der Waals surface area contributed by atoms with E-state index in [9.17, 15) is 4.79 Å². The second-order valence-corrected chi connectivity index (χ2v) is 6.71. The van der Waals surface area contributed by atoms with Crippen molar-refractivity contribution in [1.29, 1.82) is 0 Å². The van der Waals surface area contributed by atoms with Crippen molar-refractivity contribution in [3.05, 3.63) is 42.2 Å². The van der Waals surface area contributed by atoms with E-state index in [1.807, 2.05) is 48.3 Å². The average molecular weight is 343 g/mol. The Morgan fingerprint density at radius 1 is 1.32 bits per heavy atom. The number of aromatic nitrogens is 1. The lowest BCUT2D eigenvalue weighted by Crippen LogP contribution is -2.36. The molecule has 0 bridgehead atoms. The SMILES string of the molecule is CN(CC(=O)O)C1CCCN(Cc2cc(-c3ccccc3)no2)CC1. The van der Waals surface area contributed by atoms with Crippen molar-refractivity contribution in [3.8, 4) is 11.3 Å². The fraction of sp³-hybridized carbons (Fsp3) is 0.474. The number of carbonyl (C=O) groups is 1. The predicted molar refractivity (Wildman–Crippen MR) is 95.1 cm³/mol. The first-order valence-corrected chi connectivity index (χ1v) is 8.77. The van der Waals surface area contributed by atoms with Crippen LogP contribution in [0.5, 0.6) is 0 Å². The lowest BCUT2D eigenvalue weighted by atomic mass is 10.1. The zero-order valence-electron chi connectivity index (χ0n) is 14.6. The Morgan fingerprint density at radius 2 is 2.12 bits per heavy atom. The fourth-order valence-corrected chi connectivity index (χ4v) is 3.43. The predicted octanol–water partition coefficient (Wildman–Crippen LogP) is 2.71. The van der Waals surface area contributed by atoms with Crippen LogP contribution in [0, 0.1) is 0 Å². The van der Waals surface area contributed by atoms with E-state index in [0.717, 1.165) is 55.9 Å². The molecule has 134 valence electrons. The third kappa shape index (κ3) is 4.90. The van der Waals surface area contributed by atoms with E-state index in [-0.39, 0.29) is 6.54 Å². The minimum absolute atomic E-state index is 0.104. The van der Waals surface area contributed by atoms with Crippen LogP contribution in [0.4, 0.5) is 0 Å². The molecule has 0 radical (unpaired) electrons. The van der Waals surface area contributed by atoms with E-state index >= 15 is 0 Å². The van der Waals surface area contributed by atoms with Crippen LogP contribution in [0.25, 0.3) is 11.3 Å². The van der Waals surface area contributed by atoms with E-state index in [0.29, 0.717) is 6.04 Å². The molecule has 3 rings (SSSR count). The summed E-state index contributed by atoms with van der Waals surface area (Å²) in [5.41, 5.74) is 1.92. The maximum atomic E-state index is 10.9. The molecule has 1 fully saturated rings. The minimum atomic E-state index is -0.765. The largest absolute Gasteiger partial charge is 0.480 e. The topological polar surface area (TPSA) is 69.8 Å². The van der Waals surface area contributed by atoms with Crippen LogP contribution in [0.1, 0.15) is 25.0 Å². The Bertz CT molecular complexity index is 686. The Kier molecular flexibility index (Phi) is 5.83. The van der Waals surface area contributed by atoms with Crippen molar-refractivity contribution in [1.82, 2.24) is 15.0 Å². The van der Waals surface area contributed by atoms with E-state index in [4.69, 9.17) is 9.63 Å². The molecule has 1 aromatic heterocycles. The Morgan fingerprint density at radius 3 is 2.88 bits per heavy atom. The molecule has 25 heavy (non-hydrogen) atoms. The minimum Gasteiger partial charge on any atom is -0.480 e. The molecule has 2 aromatic rings. The molecule has 0 saturated carbocycles. The summed E-state index contributed by atoms with van der Waals surface area (Å²) >= 11 is 0. The van der Waals surface area contributed by atoms with E-state index in [1.54, 1.807) is 0 Å². The number of carboxylic acid groups (broad SMARTS) is 1. The quantitative estimate of drug-likeness (QED) is 0.870. The van der Waals surface area contributed by atoms with Gasteiger partial charge in [0.1, 0.15) is 5.69 Å². The van der Waals surface area contributed by atoms with Crippen LogP contribution < -0.4 is 0 Å². The average Bonchev–Trinajstić information content (AvgIpc) is 2.93. The number of carboxylic acids is 1. The standard InChI is InChI=1S/C19H25N3O3/c1-21(14-19(23)24)16-8-5-10-22(11-9-16)13-17-12-18(20-25-17)15-6-3-2-4-7-15/h2-4,6-7,12,16H,5,8-11,13-14H2,1H3,(H,23,24). The van der Waals surface area contributed by atoms with Crippen LogP contribution in [0.3, 0.4) is 0 Å². The molecule has 0 aliphatic carbocycles. The first-order valence-electron chi connectivity index (χ1n) is 8.77. The highest BCUT2D eigenvalue weighted by atomic mass is 16.5. The lowest BCUT2D eigenvalue weighted by molar-refractivity contribution is -0.138. The Hall–Kier alpha value is -2.18. The van der Waals surface area contributed by atoms with Gasteiger partial charge >= 0.3 is 5.97 Å². The zero-order valence-corrected chi connectivity index (χ0v) is 14.6. The highest BCUT2D eigenvalue weighted by molar-refractivity contribution is 5.69. The molecule has 1 N–H and O–H groups in total. The Balaban J connectivity index is 1.55. The summed E-state index contributed by atoms with van der Waals surface area (Å²) < 4.78 is 5.51. The van der Waals surface area contributed by atoms with Gasteiger partial charge in [0.15, 0.2) is 5.76 Å². The van der Waals surface area contributed by atoms with Crippen molar-refractivity contribution < 1.29 is 14.4 Å². The van der Waals surface area contributed by atoms with Crippen LogP contribution in [0.2, 0.25) is 0 Å². The normalized spacial score (nSPS) is 19.0. The summed E-state index contributed by atoms with van der Waals surface area (Å²) in [6.07, 6.45) is 3.07. The second-order valence-electron chi connectivity index (χ2n) is 6.71. The summed E-state index contributed by atoms with van der Waals surface area (Å²) in [6.45, 7) is 2.79. The molecule has 1 aliphatic rings. The van der Waals surface area contributed by atoms with E-state index < -0.39 is 5.97 Å². The summed E-state index contributed by atoms with van der Waals surface area (Å²) in [7, 11) is 1.90. The molecule has 6 nitrogen and oxygen atoms in total. The summed E-state index contributed by atoms with van der Waals surface area (Å²) in [4.78, 5) is 15.2. The van der Waals surface area contributed by atoms with Gasteiger partial charge in [-0.15, -0.1) is 0 Å². The van der Waals surface area contributed by atoms with Gasteiger partial charge in [-0.2, -0.15) is 0 Å². The van der Waals surface area contributed by atoms with Crippen molar-refractivity contribution >= 4 is 5.97 Å². The van der Waals surface area contributed by atoms with Gasteiger partial charge in [0.25, 0.3) is 0 Å². The molecule has 0 amide bonds. The van der Waals surface area contributed by atoms with Gasteiger partial charge in [0.2, 0.25) is 0 Å².